The zero-order valence-electron chi connectivity index (χ0n) is 19.1. The molecule has 8 heteroatoms. The Hall–Kier alpha value is -2.51. The van der Waals surface area contributed by atoms with Crippen molar-refractivity contribution in [1.82, 2.24) is 4.90 Å². The van der Waals surface area contributed by atoms with E-state index in [-0.39, 0.29) is 36.7 Å². The number of carboxylic acid groups (broad SMARTS) is 2. The Kier molecular flexibility index (Phi) is 14.1. The van der Waals surface area contributed by atoms with E-state index in [1.54, 1.807) is 26.0 Å². The summed E-state index contributed by atoms with van der Waals surface area (Å²) in [6.45, 7) is 7.82. The normalized spacial score (nSPS) is 15.4. The minimum atomic E-state index is -0.745. The van der Waals surface area contributed by atoms with Crippen LogP contribution in [0.25, 0.3) is 10.8 Å². The molecule has 1 unspecified atom stereocenters. The number of aliphatic carboxylic acids is 2. The van der Waals surface area contributed by atoms with Crippen LogP contribution in [0.1, 0.15) is 58.4 Å². The molecule has 1 heterocycles. The van der Waals surface area contributed by atoms with Gasteiger partial charge in [-0.15, -0.1) is 12.4 Å². The molecule has 1 aliphatic heterocycles. The van der Waals surface area contributed by atoms with Gasteiger partial charge in [-0.3, -0.25) is 9.59 Å². The number of carboxylic acids is 2. The number of aromatic hydroxyl groups is 2. The smallest absolute Gasteiger partial charge is 0.303 e. The predicted molar refractivity (Wildman–Crippen MR) is 129 cm³/mol. The summed E-state index contributed by atoms with van der Waals surface area (Å²) in [6, 6.07) is 10.2. The summed E-state index contributed by atoms with van der Waals surface area (Å²) in [6.07, 6.45) is 5.46. The number of phenolic OH excluding ortho intramolecular Hbond substituents is 2. The first-order valence-electron chi connectivity index (χ1n) is 10.8. The van der Waals surface area contributed by atoms with E-state index < -0.39 is 11.9 Å². The molecular formula is C24H36ClNO6. The summed E-state index contributed by atoms with van der Waals surface area (Å²) in [4.78, 5) is 21.3. The Morgan fingerprint density at radius 2 is 1.47 bits per heavy atom. The zero-order chi connectivity index (χ0) is 23.4. The molecule has 32 heavy (non-hydrogen) atoms. The number of fused-ring (bicyclic) bond motifs is 1. The zero-order valence-corrected chi connectivity index (χ0v) is 19.9. The summed E-state index contributed by atoms with van der Waals surface area (Å²) >= 11 is 0. The van der Waals surface area contributed by atoms with Gasteiger partial charge in [-0.25, -0.2) is 0 Å². The SMILES string of the molecule is CC1CCCCN1CCc1ccc2cc(O)c(O)cc2c1.CCC(=O)O.CCC(=O)O.Cl. The van der Waals surface area contributed by atoms with Crippen molar-refractivity contribution in [3.63, 3.8) is 0 Å². The quantitative estimate of drug-likeness (QED) is 0.452. The van der Waals surface area contributed by atoms with Crippen LogP contribution in [0.3, 0.4) is 0 Å². The number of hydrogen-bond donors (Lipinski definition) is 4. The standard InChI is InChI=1S/C18H23NO2.2C3H6O2.ClH/c1-13-4-2-3-8-19(13)9-7-14-5-6-15-11-17(20)18(21)12-16(15)10-14;2*1-2-3(4)5;/h5-6,10-13,20-21H,2-4,7-9H2,1H3;2*2H2,1H3,(H,4,5);1H. The van der Waals surface area contributed by atoms with Crippen molar-refractivity contribution in [2.45, 2.75) is 65.3 Å². The number of halogens is 1. The number of phenols is 2. The maximum Gasteiger partial charge on any atom is 0.303 e. The van der Waals surface area contributed by atoms with E-state index >= 15 is 0 Å². The van der Waals surface area contributed by atoms with E-state index in [4.69, 9.17) is 10.2 Å². The number of carbonyl (C=O) groups is 2. The molecule has 4 N–H and O–H groups in total. The van der Waals surface area contributed by atoms with Gasteiger partial charge in [0.05, 0.1) is 0 Å². The van der Waals surface area contributed by atoms with Crippen molar-refractivity contribution in [3.05, 3.63) is 35.9 Å². The Morgan fingerprint density at radius 3 is 1.97 bits per heavy atom. The molecule has 0 spiro atoms. The first-order chi connectivity index (χ1) is 14.7. The van der Waals surface area contributed by atoms with E-state index in [1.807, 2.05) is 6.07 Å². The summed E-state index contributed by atoms with van der Waals surface area (Å²) < 4.78 is 0. The minimum absolute atomic E-state index is 0. The first-order valence-corrected chi connectivity index (χ1v) is 10.8. The van der Waals surface area contributed by atoms with Crippen LogP contribution >= 0.6 is 12.4 Å². The molecule has 0 radical (unpaired) electrons. The van der Waals surface area contributed by atoms with E-state index in [9.17, 15) is 19.8 Å². The second-order valence-electron chi connectivity index (χ2n) is 7.65. The third kappa shape index (κ3) is 10.7. The van der Waals surface area contributed by atoms with E-state index in [0.717, 1.165) is 23.7 Å². The topological polar surface area (TPSA) is 118 Å². The van der Waals surface area contributed by atoms with Crippen LogP contribution in [0.15, 0.2) is 30.3 Å². The summed E-state index contributed by atoms with van der Waals surface area (Å²) in [5.41, 5.74) is 1.28. The number of hydrogen-bond acceptors (Lipinski definition) is 5. The van der Waals surface area contributed by atoms with Crippen LogP contribution in [-0.2, 0) is 16.0 Å². The maximum absolute atomic E-state index is 9.62. The second kappa shape index (κ2) is 15.3. The van der Waals surface area contributed by atoms with Crippen molar-refractivity contribution in [3.8, 4) is 11.5 Å². The van der Waals surface area contributed by atoms with Gasteiger partial charge in [0.25, 0.3) is 0 Å². The van der Waals surface area contributed by atoms with Crippen LogP contribution < -0.4 is 0 Å². The Morgan fingerprint density at radius 1 is 0.938 bits per heavy atom. The minimum Gasteiger partial charge on any atom is -0.504 e. The average Bonchev–Trinajstić information content (AvgIpc) is 2.75. The van der Waals surface area contributed by atoms with Crippen molar-refractivity contribution in [2.24, 2.45) is 0 Å². The lowest BCUT2D eigenvalue weighted by Crippen LogP contribution is -2.38. The highest BCUT2D eigenvalue weighted by Crippen LogP contribution is 2.30. The molecule has 7 nitrogen and oxygen atoms in total. The average molecular weight is 470 g/mol. The first kappa shape index (κ1) is 29.5. The third-order valence-electron chi connectivity index (χ3n) is 5.23. The molecule has 0 saturated carbocycles. The molecule has 0 aliphatic carbocycles. The van der Waals surface area contributed by atoms with Crippen LogP contribution in [-0.4, -0.2) is 56.4 Å². The number of likely N-dealkylation sites (tertiary alicyclic amines) is 1. The van der Waals surface area contributed by atoms with E-state index in [2.05, 4.69) is 24.0 Å². The van der Waals surface area contributed by atoms with Gasteiger partial charge in [0, 0.05) is 25.4 Å². The van der Waals surface area contributed by atoms with Gasteiger partial charge in [0.1, 0.15) is 0 Å². The van der Waals surface area contributed by atoms with Crippen LogP contribution in [0.5, 0.6) is 11.5 Å². The molecule has 3 rings (SSSR count). The van der Waals surface area contributed by atoms with Gasteiger partial charge >= 0.3 is 11.9 Å². The summed E-state index contributed by atoms with van der Waals surface area (Å²) in [5, 5.41) is 36.5. The van der Waals surface area contributed by atoms with Crippen molar-refractivity contribution < 1.29 is 30.0 Å². The van der Waals surface area contributed by atoms with Crippen LogP contribution in [0, 0.1) is 0 Å². The predicted octanol–water partition coefficient (Wildman–Crippen LogP) is 5.05. The molecule has 0 amide bonds. The second-order valence-corrected chi connectivity index (χ2v) is 7.65. The molecule has 1 fully saturated rings. The highest BCUT2D eigenvalue weighted by Gasteiger charge is 2.17. The number of nitrogens with zero attached hydrogens (tertiary/aromatic N) is 1. The van der Waals surface area contributed by atoms with Crippen LogP contribution in [0.4, 0.5) is 0 Å². The van der Waals surface area contributed by atoms with Gasteiger partial charge in [-0.1, -0.05) is 38.5 Å². The molecule has 1 aliphatic rings. The Bertz CT molecular complexity index is 844. The number of rotatable bonds is 5. The summed E-state index contributed by atoms with van der Waals surface area (Å²) in [7, 11) is 0. The monoisotopic (exact) mass is 469 g/mol. The molecular weight excluding hydrogens is 434 g/mol. The summed E-state index contributed by atoms with van der Waals surface area (Å²) in [5.74, 6) is -1.60. The fourth-order valence-electron chi connectivity index (χ4n) is 3.24. The molecule has 0 bridgehead atoms. The fourth-order valence-corrected chi connectivity index (χ4v) is 3.24. The fraction of sp³-hybridized carbons (Fsp3) is 0.500. The lowest BCUT2D eigenvalue weighted by atomic mass is 10.0. The van der Waals surface area contributed by atoms with E-state index in [1.165, 1.54) is 31.4 Å². The molecule has 2 aromatic rings. The maximum atomic E-state index is 9.62. The number of benzene rings is 2. The van der Waals surface area contributed by atoms with Gasteiger partial charge in [-0.05, 0) is 61.2 Å². The molecule has 180 valence electrons. The van der Waals surface area contributed by atoms with Crippen molar-refractivity contribution in [2.75, 3.05) is 13.1 Å². The highest BCUT2D eigenvalue weighted by molar-refractivity contribution is 5.86. The van der Waals surface area contributed by atoms with E-state index in [0.29, 0.717) is 6.04 Å². The Balaban J connectivity index is 0.000000740. The molecule has 1 atom stereocenters. The van der Waals surface area contributed by atoms with Gasteiger partial charge < -0.3 is 25.3 Å². The van der Waals surface area contributed by atoms with Gasteiger partial charge in [0.15, 0.2) is 11.5 Å². The lowest BCUT2D eigenvalue weighted by Gasteiger charge is -2.33. The van der Waals surface area contributed by atoms with Crippen molar-refractivity contribution >= 4 is 35.1 Å². The van der Waals surface area contributed by atoms with Gasteiger partial charge in [-0.2, -0.15) is 0 Å². The molecule has 2 aromatic carbocycles. The lowest BCUT2D eigenvalue weighted by molar-refractivity contribution is -0.137. The Labute approximate surface area is 196 Å². The van der Waals surface area contributed by atoms with Crippen LogP contribution in [0.2, 0.25) is 0 Å². The van der Waals surface area contributed by atoms with Crippen molar-refractivity contribution in [1.29, 1.82) is 0 Å². The van der Waals surface area contributed by atoms with Gasteiger partial charge in [0.2, 0.25) is 0 Å². The molecule has 0 aromatic heterocycles. The largest absolute Gasteiger partial charge is 0.504 e. The number of piperidine rings is 1. The highest BCUT2D eigenvalue weighted by atomic mass is 35.5. The molecule has 1 saturated heterocycles. The third-order valence-corrected chi connectivity index (χ3v) is 5.23.